The van der Waals surface area contributed by atoms with Crippen LogP contribution in [-0.4, -0.2) is 33.0 Å². The molecule has 2 fully saturated rings. The minimum Gasteiger partial charge on any atom is -0.478 e. The molecule has 1 aromatic carbocycles. The van der Waals surface area contributed by atoms with Gasteiger partial charge in [-0.05, 0) is 37.8 Å². The number of benzene rings is 1. The number of aromatic carboxylic acids is 1. The molecule has 2 aliphatic rings. The number of fused-ring (bicyclic) bond motifs is 2. The smallest absolute Gasteiger partial charge is 0.335 e. The molecule has 3 heterocycles. The van der Waals surface area contributed by atoms with Crippen molar-refractivity contribution < 1.29 is 9.90 Å². The average Bonchev–Trinajstić information content (AvgIpc) is 3.12. The van der Waals surface area contributed by atoms with Gasteiger partial charge in [-0.3, -0.25) is 4.90 Å². The molecule has 0 spiro atoms. The predicted octanol–water partition coefficient (Wildman–Crippen LogP) is 4.19. The Hall–Kier alpha value is -1.98. The highest BCUT2D eigenvalue weighted by Gasteiger charge is 2.37. The third-order valence-electron chi connectivity index (χ3n) is 5.07. The molecule has 5 heteroatoms. The lowest BCUT2D eigenvalue weighted by molar-refractivity contribution is 0.0697. The van der Waals surface area contributed by atoms with E-state index in [0.29, 0.717) is 17.6 Å². The molecule has 4 rings (SSSR count). The van der Waals surface area contributed by atoms with Crippen molar-refractivity contribution >= 4 is 17.3 Å². The maximum atomic E-state index is 11.1. The lowest BCUT2D eigenvalue weighted by Crippen LogP contribution is -2.39. The van der Waals surface area contributed by atoms with Crippen LogP contribution in [0.4, 0.5) is 0 Å². The lowest BCUT2D eigenvalue weighted by atomic mass is 9.98. The first-order valence-electron chi connectivity index (χ1n) is 8.30. The zero-order valence-electron chi connectivity index (χ0n) is 13.4. The van der Waals surface area contributed by atoms with Crippen molar-refractivity contribution in [2.45, 2.75) is 44.3 Å². The molecule has 4 nitrogen and oxygen atoms in total. The first kappa shape index (κ1) is 15.5. The number of hydrogen-bond acceptors (Lipinski definition) is 4. The van der Waals surface area contributed by atoms with E-state index in [1.807, 2.05) is 6.07 Å². The Bertz CT molecular complexity index is 782. The van der Waals surface area contributed by atoms with E-state index in [2.05, 4.69) is 16.9 Å². The molecule has 0 amide bonds. The van der Waals surface area contributed by atoms with Gasteiger partial charge < -0.3 is 5.11 Å². The second-order valence-electron chi connectivity index (χ2n) is 6.75. The Morgan fingerprint density at radius 3 is 2.79 bits per heavy atom. The second-order valence-corrected chi connectivity index (χ2v) is 7.60. The van der Waals surface area contributed by atoms with Crippen LogP contribution in [0, 0.1) is 0 Å². The Labute approximate surface area is 145 Å². The van der Waals surface area contributed by atoms with Crippen molar-refractivity contribution in [1.82, 2.24) is 9.88 Å². The molecule has 1 aromatic heterocycles. The van der Waals surface area contributed by atoms with Crippen LogP contribution >= 0.6 is 11.3 Å². The first-order chi connectivity index (χ1) is 11.6. The predicted molar refractivity (Wildman–Crippen MR) is 95.2 cm³/mol. The number of carboxylic acid groups (broad SMARTS) is 1. The fourth-order valence-electron chi connectivity index (χ4n) is 3.95. The highest BCUT2D eigenvalue weighted by Crippen LogP contribution is 2.39. The Morgan fingerprint density at radius 1 is 1.33 bits per heavy atom. The largest absolute Gasteiger partial charge is 0.478 e. The van der Waals surface area contributed by atoms with Gasteiger partial charge in [0.15, 0.2) is 0 Å². The Balaban J connectivity index is 1.52. The molecule has 2 aromatic rings. The number of rotatable bonds is 4. The fraction of sp³-hybridized carbons (Fsp3) is 0.368. The van der Waals surface area contributed by atoms with Crippen LogP contribution in [0.15, 0.2) is 41.8 Å². The zero-order chi connectivity index (χ0) is 16.7. The molecular weight excluding hydrogens is 320 g/mol. The minimum absolute atomic E-state index is 0.303. The summed E-state index contributed by atoms with van der Waals surface area (Å²) in [6.45, 7) is 5.06. The molecule has 2 aliphatic heterocycles. The van der Waals surface area contributed by atoms with E-state index < -0.39 is 5.97 Å². The summed E-state index contributed by atoms with van der Waals surface area (Å²) in [6, 6.07) is 8.24. The normalized spacial score (nSPS) is 23.6. The number of carboxylic acids is 1. The SMILES string of the molecule is C=C1CC2CCC(C1)N2Cc1csc(-c2cccc(C(=O)O)c2)n1. The van der Waals surface area contributed by atoms with Gasteiger partial charge >= 0.3 is 5.97 Å². The Kier molecular flexibility index (Phi) is 3.98. The van der Waals surface area contributed by atoms with Gasteiger partial charge in [-0.1, -0.05) is 24.3 Å². The minimum atomic E-state index is -0.904. The van der Waals surface area contributed by atoms with E-state index in [0.717, 1.165) is 35.7 Å². The molecular formula is C19H20N2O2S. The van der Waals surface area contributed by atoms with Gasteiger partial charge in [-0.15, -0.1) is 11.3 Å². The fourth-order valence-corrected chi connectivity index (χ4v) is 4.75. The maximum absolute atomic E-state index is 11.1. The van der Waals surface area contributed by atoms with Gasteiger partial charge in [0.05, 0.1) is 11.3 Å². The molecule has 2 bridgehead atoms. The Morgan fingerprint density at radius 2 is 2.08 bits per heavy atom. The molecule has 24 heavy (non-hydrogen) atoms. The van der Waals surface area contributed by atoms with Crippen LogP contribution in [0.25, 0.3) is 10.6 Å². The number of aromatic nitrogens is 1. The van der Waals surface area contributed by atoms with E-state index in [-0.39, 0.29) is 0 Å². The van der Waals surface area contributed by atoms with E-state index in [9.17, 15) is 4.79 Å². The molecule has 0 radical (unpaired) electrons. The topological polar surface area (TPSA) is 53.4 Å². The van der Waals surface area contributed by atoms with Crippen molar-refractivity contribution in [1.29, 1.82) is 0 Å². The standard InChI is InChI=1S/C19H20N2O2S/c1-12-7-16-5-6-17(8-12)21(16)10-15-11-24-18(20-15)13-3-2-4-14(9-13)19(22)23/h2-4,9,11,16-17H,1,5-8,10H2,(H,22,23). The van der Waals surface area contributed by atoms with Gasteiger partial charge in [0.1, 0.15) is 5.01 Å². The summed E-state index contributed by atoms with van der Waals surface area (Å²) in [5, 5.41) is 12.1. The number of hydrogen-bond donors (Lipinski definition) is 1. The summed E-state index contributed by atoms with van der Waals surface area (Å²) in [6.07, 6.45) is 4.77. The lowest BCUT2D eigenvalue weighted by Gasteiger charge is -2.35. The summed E-state index contributed by atoms with van der Waals surface area (Å²) >= 11 is 1.59. The van der Waals surface area contributed by atoms with Crippen molar-refractivity contribution in [2.24, 2.45) is 0 Å². The third-order valence-corrected chi connectivity index (χ3v) is 6.01. The van der Waals surface area contributed by atoms with Gasteiger partial charge in [0, 0.05) is 29.6 Å². The van der Waals surface area contributed by atoms with Crippen LogP contribution in [0.3, 0.4) is 0 Å². The second kappa shape index (κ2) is 6.15. The van der Waals surface area contributed by atoms with Crippen molar-refractivity contribution in [3.05, 3.63) is 53.1 Å². The zero-order valence-corrected chi connectivity index (χ0v) is 14.3. The summed E-state index contributed by atoms with van der Waals surface area (Å²) in [5.74, 6) is -0.904. The molecule has 2 atom stereocenters. The van der Waals surface area contributed by atoms with Crippen molar-refractivity contribution in [2.75, 3.05) is 0 Å². The van der Waals surface area contributed by atoms with Crippen molar-refractivity contribution in [3.63, 3.8) is 0 Å². The molecule has 2 unspecified atom stereocenters. The third kappa shape index (κ3) is 2.89. The van der Waals surface area contributed by atoms with Gasteiger partial charge in [0.2, 0.25) is 0 Å². The molecule has 0 aliphatic carbocycles. The van der Waals surface area contributed by atoms with E-state index >= 15 is 0 Å². The van der Waals surface area contributed by atoms with Crippen LogP contribution in [0.5, 0.6) is 0 Å². The number of piperidine rings is 1. The maximum Gasteiger partial charge on any atom is 0.335 e. The van der Waals surface area contributed by atoms with Crippen LogP contribution in [0.2, 0.25) is 0 Å². The quantitative estimate of drug-likeness (QED) is 0.848. The highest BCUT2D eigenvalue weighted by atomic mass is 32.1. The molecule has 2 saturated heterocycles. The average molecular weight is 340 g/mol. The van der Waals surface area contributed by atoms with E-state index in [1.165, 1.54) is 18.4 Å². The van der Waals surface area contributed by atoms with Gasteiger partial charge in [-0.2, -0.15) is 0 Å². The van der Waals surface area contributed by atoms with Crippen molar-refractivity contribution in [3.8, 4) is 10.6 Å². The van der Waals surface area contributed by atoms with Crippen LogP contribution in [-0.2, 0) is 6.54 Å². The summed E-state index contributed by atoms with van der Waals surface area (Å²) in [7, 11) is 0. The summed E-state index contributed by atoms with van der Waals surface area (Å²) in [5.41, 5.74) is 3.65. The summed E-state index contributed by atoms with van der Waals surface area (Å²) < 4.78 is 0. The van der Waals surface area contributed by atoms with E-state index in [4.69, 9.17) is 10.1 Å². The number of thiazole rings is 1. The van der Waals surface area contributed by atoms with Crippen LogP contribution < -0.4 is 0 Å². The summed E-state index contributed by atoms with van der Waals surface area (Å²) in [4.78, 5) is 18.5. The highest BCUT2D eigenvalue weighted by molar-refractivity contribution is 7.13. The van der Waals surface area contributed by atoms with Gasteiger partial charge in [0.25, 0.3) is 0 Å². The monoisotopic (exact) mass is 340 g/mol. The molecule has 0 saturated carbocycles. The first-order valence-corrected chi connectivity index (χ1v) is 9.18. The number of carbonyl (C=O) groups is 1. The van der Waals surface area contributed by atoms with Gasteiger partial charge in [-0.25, -0.2) is 9.78 Å². The molecule has 1 N–H and O–H groups in total. The molecule has 124 valence electrons. The number of nitrogens with zero attached hydrogens (tertiary/aromatic N) is 2. The van der Waals surface area contributed by atoms with E-state index in [1.54, 1.807) is 29.5 Å². The van der Waals surface area contributed by atoms with Crippen LogP contribution in [0.1, 0.15) is 41.7 Å².